The average Bonchev–Trinajstić information content (AvgIpc) is 1.75. The number of rotatable bonds is 12. The van der Waals surface area contributed by atoms with Gasteiger partial charge in [0.15, 0.2) is 0 Å². The first-order valence-corrected chi connectivity index (χ1v) is 33.0. The molecule has 18 rings (SSSR count). The molecule has 3 aliphatic heterocycles. The number of fused-ring (bicyclic) bond motifs is 15. The topological polar surface area (TPSA) is 260 Å². The van der Waals surface area contributed by atoms with E-state index >= 15 is 0 Å². The van der Waals surface area contributed by atoms with Crippen molar-refractivity contribution >= 4 is 17.7 Å². The van der Waals surface area contributed by atoms with E-state index in [9.17, 15) is 14.4 Å². The fraction of sp³-hybridized carbons (Fsp3) is 0.231. The van der Waals surface area contributed by atoms with E-state index in [1.54, 1.807) is 36.4 Å². The number of carbonyl (C=O) groups excluding carboxylic acids is 3. The third kappa shape index (κ3) is 10.8. The number of aryl methyl sites for hydroxylation is 3. The number of nitrogens with two attached hydrogens (primary N) is 3. The number of carbonyl (C=O) groups is 3. The Morgan fingerprint density at radius 3 is 0.875 bits per heavy atom. The second kappa shape index (κ2) is 24.2. The smallest absolute Gasteiger partial charge is 0.248 e. The van der Waals surface area contributed by atoms with Crippen molar-refractivity contribution < 1.29 is 14.4 Å². The second-order valence-corrected chi connectivity index (χ2v) is 26.2. The first kappa shape index (κ1) is 59.6. The molecule has 18 nitrogen and oxygen atoms in total. The normalized spacial score (nSPS) is 18.7. The summed E-state index contributed by atoms with van der Waals surface area (Å²) >= 11 is 0. The fourth-order valence-corrected chi connectivity index (χ4v) is 15.6. The van der Waals surface area contributed by atoms with Gasteiger partial charge >= 0.3 is 0 Å². The van der Waals surface area contributed by atoms with E-state index in [1.165, 1.54) is 75.3 Å². The summed E-state index contributed by atoms with van der Waals surface area (Å²) in [5.74, 6) is 3.91. The van der Waals surface area contributed by atoms with Crippen LogP contribution in [0, 0.1) is 20.8 Å². The molecule has 18 heteroatoms. The Hall–Kier alpha value is -11.4. The van der Waals surface area contributed by atoms with E-state index in [4.69, 9.17) is 47.1 Å². The summed E-state index contributed by atoms with van der Waals surface area (Å²) in [6, 6.07) is 54.0. The minimum Gasteiger partial charge on any atom is -0.366 e. The minimum absolute atomic E-state index is 0.432. The molecule has 0 saturated heterocycles. The van der Waals surface area contributed by atoms with Gasteiger partial charge in [0.25, 0.3) is 0 Å². The van der Waals surface area contributed by atoms with Gasteiger partial charge in [-0.3, -0.25) is 44.3 Å². The SMILES string of the molecule is Cc1cccc(-c2nc3n(c2-c2ccnc(-c4ccc(C(N)=O)cc4)c2)C2CCC3C2)n1.Cc1cccc(-c2nc3n(c2-c2ccnc(-c4ccc(C(N)=O)cc4)c2)[C@@H]2CC[C@H]3C2)n1.Cc1cccc(-c2nc3n(c2-c2ccnc(-c4ccc(C(N)=O)cc4)c2)[C@H]2CC[C@@H]3C2)n1. The second-order valence-electron chi connectivity index (χ2n) is 26.2. The molecule has 6 N–H and O–H groups in total. The Morgan fingerprint density at radius 1 is 0.333 bits per heavy atom. The number of benzene rings is 3. The van der Waals surface area contributed by atoms with E-state index in [0.29, 0.717) is 52.6 Å². The number of amides is 3. The zero-order valence-electron chi connectivity index (χ0n) is 53.5. The predicted molar refractivity (Wildman–Crippen MR) is 369 cm³/mol. The van der Waals surface area contributed by atoms with Crippen molar-refractivity contribution in [2.45, 2.75) is 114 Å². The molecule has 6 aliphatic rings. The van der Waals surface area contributed by atoms with Gasteiger partial charge in [0, 0.05) is 122 Å². The zero-order chi connectivity index (χ0) is 65.5. The molecule has 3 saturated carbocycles. The van der Waals surface area contributed by atoms with Crippen LogP contribution in [0.1, 0.15) is 159 Å². The lowest BCUT2D eigenvalue weighted by molar-refractivity contribution is 0.0992. The van der Waals surface area contributed by atoms with Crippen LogP contribution in [0.15, 0.2) is 182 Å². The van der Waals surface area contributed by atoms with Crippen LogP contribution in [0.2, 0.25) is 0 Å². The van der Waals surface area contributed by atoms with Crippen LogP contribution in [0.5, 0.6) is 0 Å². The number of hydrogen-bond acceptors (Lipinski definition) is 12. The average molecular weight is 1260 g/mol. The molecule has 12 aromatic rings. The molecule has 3 fully saturated rings. The van der Waals surface area contributed by atoms with Gasteiger partial charge in [-0.25, -0.2) is 15.0 Å². The number of pyridine rings is 6. The summed E-state index contributed by atoms with van der Waals surface area (Å²) in [6.07, 6.45) is 16.3. The van der Waals surface area contributed by atoms with Gasteiger partial charge in [-0.05, 0) is 188 Å². The lowest BCUT2D eigenvalue weighted by atomic mass is 10.0. The largest absolute Gasteiger partial charge is 0.366 e. The Morgan fingerprint density at radius 2 is 0.615 bits per heavy atom. The number of aromatic nitrogens is 12. The maximum atomic E-state index is 11.4. The summed E-state index contributed by atoms with van der Waals surface area (Å²) < 4.78 is 7.34. The molecule has 0 spiro atoms. The third-order valence-electron chi connectivity index (χ3n) is 20.1. The van der Waals surface area contributed by atoms with Crippen molar-refractivity contribution in [3.63, 3.8) is 0 Å². The Labute approximate surface area is 554 Å². The first-order valence-electron chi connectivity index (χ1n) is 33.0. The summed E-state index contributed by atoms with van der Waals surface area (Å²) in [5.41, 5.74) is 38.1. The molecular weight excluding hydrogens is 1190 g/mol. The van der Waals surface area contributed by atoms with E-state index in [1.807, 2.05) is 130 Å². The summed E-state index contributed by atoms with van der Waals surface area (Å²) in [6.45, 7) is 6.03. The molecule has 12 heterocycles. The molecule has 96 heavy (non-hydrogen) atoms. The Balaban J connectivity index is 0.000000113. The van der Waals surface area contributed by atoms with Gasteiger partial charge in [0.1, 0.15) is 34.6 Å². The van der Waals surface area contributed by atoms with Crippen molar-refractivity contribution in [1.82, 2.24) is 58.6 Å². The van der Waals surface area contributed by atoms with Crippen LogP contribution in [0.3, 0.4) is 0 Å². The highest BCUT2D eigenvalue weighted by Gasteiger charge is 2.44. The highest BCUT2D eigenvalue weighted by atomic mass is 16.2. The Bertz CT molecular complexity index is 4570. The molecule has 3 aliphatic carbocycles. The molecule has 3 amide bonds. The number of imidazole rings is 3. The number of hydrogen-bond donors (Lipinski definition) is 3. The molecule has 9 aromatic heterocycles. The van der Waals surface area contributed by atoms with E-state index < -0.39 is 17.7 Å². The number of primary amides is 3. The van der Waals surface area contributed by atoms with Crippen molar-refractivity contribution in [3.05, 3.63) is 234 Å². The van der Waals surface area contributed by atoms with Crippen molar-refractivity contribution in [1.29, 1.82) is 0 Å². The zero-order valence-corrected chi connectivity index (χ0v) is 53.5. The Kier molecular flexibility index (Phi) is 15.0. The standard InChI is InChI=1S/3C26H23N5O/c3*1-15-3-2-4-21(29-15)23-24(31-20-10-9-19(13-20)26(31)30-23)18-11-12-28-22(14-18)16-5-7-17(8-6-16)25(27)32/h3*2-8,11-12,14,19-20H,9-10,13H2,1H3,(H2,27,32)/t2*19-,20+;/m10./s1. The van der Waals surface area contributed by atoms with Crippen LogP contribution in [0.25, 0.3) is 102 Å². The van der Waals surface area contributed by atoms with Crippen LogP contribution in [0.4, 0.5) is 0 Å². The molecule has 474 valence electrons. The molecule has 6 atom stereocenters. The van der Waals surface area contributed by atoms with Gasteiger partial charge in [0.2, 0.25) is 17.7 Å². The number of nitrogens with zero attached hydrogens (tertiary/aromatic N) is 12. The van der Waals surface area contributed by atoms with Crippen molar-refractivity contribution in [3.8, 4) is 102 Å². The maximum Gasteiger partial charge on any atom is 0.248 e. The van der Waals surface area contributed by atoms with Crippen LogP contribution in [-0.4, -0.2) is 76.3 Å². The quantitative estimate of drug-likeness (QED) is 0.103. The lowest BCUT2D eigenvalue weighted by Crippen LogP contribution is -2.10. The molecule has 3 aromatic carbocycles. The highest BCUT2D eigenvalue weighted by molar-refractivity contribution is 5.95. The van der Waals surface area contributed by atoms with E-state index in [-0.39, 0.29) is 0 Å². The van der Waals surface area contributed by atoms with E-state index in [0.717, 1.165) is 119 Å². The van der Waals surface area contributed by atoms with E-state index in [2.05, 4.69) is 65.1 Å². The van der Waals surface area contributed by atoms with Crippen LogP contribution in [-0.2, 0) is 0 Å². The summed E-state index contributed by atoms with van der Waals surface area (Å²) in [4.78, 5) is 77.7. The van der Waals surface area contributed by atoms with Crippen LogP contribution < -0.4 is 17.2 Å². The molecular formula is C78H69N15O3. The predicted octanol–water partition coefficient (Wildman–Crippen LogP) is 14.7. The summed E-state index contributed by atoms with van der Waals surface area (Å²) in [7, 11) is 0. The molecule has 2 unspecified atom stereocenters. The summed E-state index contributed by atoms with van der Waals surface area (Å²) in [5, 5.41) is 0. The van der Waals surface area contributed by atoms with Crippen molar-refractivity contribution in [2.75, 3.05) is 0 Å². The molecule has 0 radical (unpaired) electrons. The molecule has 6 bridgehead atoms. The van der Waals surface area contributed by atoms with Crippen LogP contribution >= 0.6 is 0 Å². The highest BCUT2D eigenvalue weighted by Crippen LogP contribution is 2.55. The fourth-order valence-electron chi connectivity index (χ4n) is 15.6. The maximum absolute atomic E-state index is 11.4. The minimum atomic E-state index is -0.432. The monoisotopic (exact) mass is 1260 g/mol. The van der Waals surface area contributed by atoms with Gasteiger partial charge in [-0.1, -0.05) is 54.6 Å². The third-order valence-corrected chi connectivity index (χ3v) is 20.1. The lowest BCUT2D eigenvalue weighted by Gasteiger charge is -2.17. The van der Waals surface area contributed by atoms with Gasteiger partial charge < -0.3 is 30.9 Å². The van der Waals surface area contributed by atoms with Gasteiger partial charge in [0.05, 0.1) is 51.2 Å². The van der Waals surface area contributed by atoms with Crippen molar-refractivity contribution in [2.24, 2.45) is 17.2 Å². The van der Waals surface area contributed by atoms with Gasteiger partial charge in [-0.2, -0.15) is 0 Å². The first-order chi connectivity index (χ1) is 46.7. The van der Waals surface area contributed by atoms with Gasteiger partial charge in [-0.15, -0.1) is 0 Å².